The van der Waals surface area contributed by atoms with E-state index in [1.54, 1.807) is 0 Å². The molecule has 1 aromatic carbocycles. The van der Waals surface area contributed by atoms with Crippen LogP contribution in [-0.2, 0) is 4.79 Å². The fourth-order valence-corrected chi connectivity index (χ4v) is 2.06. The van der Waals surface area contributed by atoms with Gasteiger partial charge in [0.2, 0.25) is 5.91 Å². The Bertz CT molecular complexity index is 431. The quantitative estimate of drug-likeness (QED) is 0.688. The van der Waals surface area contributed by atoms with Crippen LogP contribution in [-0.4, -0.2) is 31.1 Å². The van der Waals surface area contributed by atoms with E-state index in [1.165, 1.54) is 5.56 Å². The molecule has 4 heteroatoms. The summed E-state index contributed by atoms with van der Waals surface area (Å²) in [6.45, 7) is 9.28. The molecular weight excluding hydrogens is 264 g/mol. The minimum atomic E-state index is -0.202. The molecule has 4 nitrogen and oxygen atoms in total. The van der Waals surface area contributed by atoms with Gasteiger partial charge in [0, 0.05) is 12.6 Å². The molecule has 0 aromatic heterocycles. The zero-order valence-electron chi connectivity index (χ0n) is 13.6. The summed E-state index contributed by atoms with van der Waals surface area (Å²) in [5.74, 6) is 0.921. The third-order valence-corrected chi connectivity index (χ3v) is 3.54. The summed E-state index contributed by atoms with van der Waals surface area (Å²) in [5.41, 5.74) is 1.18. The summed E-state index contributed by atoms with van der Waals surface area (Å²) in [6, 6.07) is 8.02. The van der Waals surface area contributed by atoms with E-state index >= 15 is 0 Å². The van der Waals surface area contributed by atoms with Crippen molar-refractivity contribution < 1.29 is 9.53 Å². The zero-order valence-corrected chi connectivity index (χ0v) is 13.6. The first-order chi connectivity index (χ1) is 10.1. The molecule has 1 amide bonds. The molecule has 0 heterocycles. The fourth-order valence-electron chi connectivity index (χ4n) is 2.06. The van der Waals surface area contributed by atoms with Crippen LogP contribution in [0.25, 0.3) is 0 Å². The summed E-state index contributed by atoms with van der Waals surface area (Å²) in [7, 11) is 0. The highest BCUT2D eigenvalue weighted by molar-refractivity contribution is 5.81. The Labute approximate surface area is 128 Å². The van der Waals surface area contributed by atoms with Crippen LogP contribution in [0.2, 0.25) is 0 Å². The Hall–Kier alpha value is -1.55. The number of rotatable bonds is 9. The fraction of sp³-hybridized carbons (Fsp3) is 0.588. The SMILES string of the molecule is CCC(CC)NC(=O)C(C)NCCOc1cccc(C)c1. The molecule has 21 heavy (non-hydrogen) atoms. The van der Waals surface area contributed by atoms with Crippen LogP contribution in [0.5, 0.6) is 5.75 Å². The van der Waals surface area contributed by atoms with E-state index in [0.717, 1.165) is 18.6 Å². The molecule has 2 N–H and O–H groups in total. The molecule has 0 spiro atoms. The lowest BCUT2D eigenvalue weighted by Crippen LogP contribution is -2.46. The average molecular weight is 292 g/mol. The van der Waals surface area contributed by atoms with Crippen LogP contribution in [0.3, 0.4) is 0 Å². The minimum absolute atomic E-state index is 0.0549. The number of hydrogen-bond donors (Lipinski definition) is 2. The van der Waals surface area contributed by atoms with Gasteiger partial charge in [-0.15, -0.1) is 0 Å². The Kier molecular flexibility index (Phi) is 7.83. The first-order valence-electron chi connectivity index (χ1n) is 7.80. The van der Waals surface area contributed by atoms with Crippen molar-refractivity contribution in [2.45, 2.75) is 52.6 Å². The van der Waals surface area contributed by atoms with E-state index in [1.807, 2.05) is 38.1 Å². The third-order valence-electron chi connectivity index (χ3n) is 3.54. The summed E-state index contributed by atoms with van der Waals surface area (Å²) in [4.78, 5) is 12.0. The first kappa shape index (κ1) is 17.5. The number of carbonyl (C=O) groups excluding carboxylic acids is 1. The van der Waals surface area contributed by atoms with Gasteiger partial charge in [-0.3, -0.25) is 4.79 Å². The second-order valence-corrected chi connectivity index (χ2v) is 5.36. The molecule has 1 unspecified atom stereocenters. The number of ether oxygens (including phenoxy) is 1. The molecule has 0 bridgehead atoms. The van der Waals surface area contributed by atoms with Crippen LogP contribution < -0.4 is 15.4 Å². The maximum atomic E-state index is 12.0. The maximum Gasteiger partial charge on any atom is 0.237 e. The summed E-state index contributed by atoms with van der Waals surface area (Å²) < 4.78 is 5.65. The topological polar surface area (TPSA) is 50.4 Å². The second-order valence-electron chi connectivity index (χ2n) is 5.36. The van der Waals surface area contributed by atoms with Crippen molar-refractivity contribution in [3.63, 3.8) is 0 Å². The van der Waals surface area contributed by atoms with Crippen molar-refractivity contribution in [3.8, 4) is 5.75 Å². The van der Waals surface area contributed by atoms with Crippen LogP contribution in [0, 0.1) is 6.92 Å². The van der Waals surface area contributed by atoms with E-state index in [4.69, 9.17) is 4.74 Å². The van der Waals surface area contributed by atoms with Crippen LogP contribution in [0.1, 0.15) is 39.2 Å². The van der Waals surface area contributed by atoms with Gasteiger partial charge < -0.3 is 15.4 Å². The van der Waals surface area contributed by atoms with Crippen LogP contribution >= 0.6 is 0 Å². The number of hydrogen-bond acceptors (Lipinski definition) is 3. The van der Waals surface area contributed by atoms with Gasteiger partial charge in [0.25, 0.3) is 0 Å². The number of amides is 1. The first-order valence-corrected chi connectivity index (χ1v) is 7.80. The minimum Gasteiger partial charge on any atom is -0.492 e. The van der Waals surface area contributed by atoms with Crippen molar-refractivity contribution in [2.24, 2.45) is 0 Å². The van der Waals surface area contributed by atoms with Gasteiger partial charge >= 0.3 is 0 Å². The normalized spacial score (nSPS) is 12.2. The van der Waals surface area contributed by atoms with Gasteiger partial charge in [0.15, 0.2) is 0 Å². The highest BCUT2D eigenvalue weighted by Crippen LogP contribution is 2.11. The lowest BCUT2D eigenvalue weighted by molar-refractivity contribution is -0.123. The van der Waals surface area contributed by atoms with E-state index in [0.29, 0.717) is 13.2 Å². The molecule has 1 rings (SSSR count). The highest BCUT2D eigenvalue weighted by atomic mass is 16.5. The van der Waals surface area contributed by atoms with Crippen molar-refractivity contribution in [2.75, 3.05) is 13.2 Å². The summed E-state index contributed by atoms with van der Waals surface area (Å²) in [6.07, 6.45) is 1.93. The molecule has 0 aliphatic rings. The largest absolute Gasteiger partial charge is 0.492 e. The number of benzene rings is 1. The molecule has 118 valence electrons. The van der Waals surface area contributed by atoms with Crippen molar-refractivity contribution >= 4 is 5.91 Å². The van der Waals surface area contributed by atoms with Crippen molar-refractivity contribution in [3.05, 3.63) is 29.8 Å². The van der Waals surface area contributed by atoms with Gasteiger partial charge in [0.1, 0.15) is 12.4 Å². The summed E-state index contributed by atoms with van der Waals surface area (Å²) in [5, 5.41) is 6.22. The predicted molar refractivity (Wildman–Crippen MR) is 86.7 cm³/mol. The molecule has 1 aromatic rings. The Morgan fingerprint density at radius 2 is 2.00 bits per heavy atom. The van der Waals surface area contributed by atoms with Crippen LogP contribution in [0.4, 0.5) is 0 Å². The van der Waals surface area contributed by atoms with Crippen LogP contribution in [0.15, 0.2) is 24.3 Å². The Morgan fingerprint density at radius 1 is 1.29 bits per heavy atom. The second kappa shape index (κ2) is 9.40. The number of aryl methyl sites for hydroxylation is 1. The lowest BCUT2D eigenvalue weighted by Gasteiger charge is -2.19. The average Bonchev–Trinajstić information content (AvgIpc) is 2.48. The van der Waals surface area contributed by atoms with Gasteiger partial charge in [-0.2, -0.15) is 0 Å². The molecule has 0 fully saturated rings. The number of carbonyl (C=O) groups is 1. The van der Waals surface area contributed by atoms with Gasteiger partial charge in [-0.1, -0.05) is 26.0 Å². The predicted octanol–water partition coefficient (Wildman–Crippen LogP) is 2.66. The molecule has 0 aliphatic carbocycles. The monoisotopic (exact) mass is 292 g/mol. The smallest absolute Gasteiger partial charge is 0.237 e. The molecule has 1 atom stereocenters. The van der Waals surface area contributed by atoms with E-state index in [-0.39, 0.29) is 18.0 Å². The van der Waals surface area contributed by atoms with Crippen molar-refractivity contribution in [1.82, 2.24) is 10.6 Å². The van der Waals surface area contributed by atoms with E-state index < -0.39 is 0 Å². The van der Waals surface area contributed by atoms with Crippen molar-refractivity contribution in [1.29, 1.82) is 0 Å². The molecular formula is C17H28N2O2. The van der Waals surface area contributed by atoms with Gasteiger partial charge in [-0.25, -0.2) is 0 Å². The maximum absolute atomic E-state index is 12.0. The highest BCUT2D eigenvalue weighted by Gasteiger charge is 2.14. The Balaban J connectivity index is 2.24. The van der Waals surface area contributed by atoms with Gasteiger partial charge in [0.05, 0.1) is 6.04 Å². The third kappa shape index (κ3) is 6.63. The molecule has 0 saturated carbocycles. The molecule has 0 aliphatic heterocycles. The van der Waals surface area contributed by atoms with Gasteiger partial charge in [-0.05, 0) is 44.4 Å². The lowest BCUT2D eigenvalue weighted by atomic mass is 10.1. The summed E-state index contributed by atoms with van der Waals surface area (Å²) >= 11 is 0. The molecule has 0 radical (unpaired) electrons. The molecule has 0 saturated heterocycles. The standard InChI is InChI=1S/C17H28N2O2/c1-5-15(6-2)19-17(20)14(4)18-10-11-21-16-9-7-8-13(3)12-16/h7-9,12,14-15,18H,5-6,10-11H2,1-4H3,(H,19,20). The van der Waals surface area contributed by atoms with E-state index in [2.05, 4.69) is 24.5 Å². The Morgan fingerprint density at radius 3 is 2.62 bits per heavy atom. The zero-order chi connectivity index (χ0) is 15.7. The number of nitrogens with one attached hydrogen (secondary N) is 2. The van der Waals surface area contributed by atoms with E-state index in [9.17, 15) is 4.79 Å².